The van der Waals surface area contributed by atoms with Gasteiger partial charge in [0.05, 0.1) is 18.3 Å². The molecule has 0 aromatic heterocycles. The zero-order valence-corrected chi connectivity index (χ0v) is 17.6. The number of aliphatic hydroxyl groups is 2. The summed E-state index contributed by atoms with van der Waals surface area (Å²) in [6.45, 7) is 13.7. The molecule has 1 saturated carbocycles. The van der Waals surface area contributed by atoms with Crippen LogP contribution in [0.15, 0.2) is 12.2 Å². The molecule has 0 amide bonds. The summed E-state index contributed by atoms with van der Waals surface area (Å²) in [7, 11) is 0. The number of aliphatic hydroxyl groups excluding tert-OH is 2. The minimum absolute atomic E-state index is 0.00641. The first-order valence-corrected chi connectivity index (χ1v) is 10.6. The van der Waals surface area contributed by atoms with Gasteiger partial charge in [-0.3, -0.25) is 4.79 Å². The third-order valence-corrected chi connectivity index (χ3v) is 7.78. The molecule has 0 spiro atoms. The minimum atomic E-state index is -0.875. The van der Waals surface area contributed by atoms with E-state index in [4.69, 9.17) is 14.2 Å². The van der Waals surface area contributed by atoms with Crippen LogP contribution in [-0.4, -0.2) is 57.9 Å². The van der Waals surface area contributed by atoms with Crippen molar-refractivity contribution in [3.8, 4) is 0 Å². The van der Waals surface area contributed by atoms with E-state index in [0.29, 0.717) is 19.3 Å². The number of hydrogen-bond acceptors (Lipinski definition) is 6. The maximum atomic E-state index is 12.0. The summed E-state index contributed by atoms with van der Waals surface area (Å²) in [6, 6.07) is 0. The third-order valence-electron chi connectivity index (χ3n) is 7.78. The molecule has 4 rings (SSSR count). The van der Waals surface area contributed by atoms with E-state index in [9.17, 15) is 15.0 Å². The number of carbonyl (C=O) groups excluding carboxylic acids is 1. The van der Waals surface area contributed by atoms with Crippen molar-refractivity contribution in [1.82, 2.24) is 0 Å². The molecule has 1 aliphatic carbocycles. The molecular weight excluding hydrogens is 360 g/mol. The summed E-state index contributed by atoms with van der Waals surface area (Å²) in [5, 5.41) is 21.6. The van der Waals surface area contributed by atoms with Gasteiger partial charge < -0.3 is 24.4 Å². The van der Waals surface area contributed by atoms with Crippen molar-refractivity contribution in [3.63, 3.8) is 0 Å². The normalized spacial score (nSPS) is 52.9. The van der Waals surface area contributed by atoms with Crippen LogP contribution in [0, 0.1) is 23.7 Å². The molecule has 10 unspecified atom stereocenters. The van der Waals surface area contributed by atoms with Crippen LogP contribution in [0.2, 0.25) is 0 Å². The van der Waals surface area contributed by atoms with Crippen LogP contribution < -0.4 is 0 Å². The van der Waals surface area contributed by atoms with Gasteiger partial charge >= 0.3 is 5.97 Å². The van der Waals surface area contributed by atoms with E-state index in [0.717, 1.165) is 5.57 Å². The molecule has 2 bridgehead atoms. The molecule has 28 heavy (non-hydrogen) atoms. The highest BCUT2D eigenvalue weighted by molar-refractivity contribution is 5.66. The Kier molecular flexibility index (Phi) is 4.74. The first kappa shape index (κ1) is 20.3. The highest BCUT2D eigenvalue weighted by Crippen LogP contribution is 2.64. The van der Waals surface area contributed by atoms with E-state index < -0.39 is 23.4 Å². The molecule has 3 saturated heterocycles. The Bertz CT molecular complexity index is 676. The van der Waals surface area contributed by atoms with E-state index in [1.54, 1.807) is 0 Å². The fourth-order valence-corrected chi connectivity index (χ4v) is 6.50. The second kappa shape index (κ2) is 6.53. The zero-order valence-electron chi connectivity index (χ0n) is 17.6. The van der Waals surface area contributed by atoms with Gasteiger partial charge in [0.15, 0.2) is 0 Å². The largest absolute Gasteiger partial charge is 0.457 e. The van der Waals surface area contributed by atoms with Gasteiger partial charge in [-0.15, -0.1) is 0 Å². The van der Waals surface area contributed by atoms with Gasteiger partial charge in [-0.05, 0) is 50.5 Å². The Labute approximate surface area is 167 Å². The molecule has 6 nitrogen and oxygen atoms in total. The SMILES string of the molecule is C=C1CC2OC(C3C(C(C)C)C(O)C4OC4(C)C23)C(C)(OC(C)=O)CCC1O. The van der Waals surface area contributed by atoms with Crippen molar-refractivity contribution in [3.05, 3.63) is 12.2 Å². The lowest BCUT2D eigenvalue weighted by atomic mass is 9.58. The van der Waals surface area contributed by atoms with Crippen LogP contribution in [0.25, 0.3) is 0 Å². The number of rotatable bonds is 2. The van der Waals surface area contributed by atoms with Crippen molar-refractivity contribution in [2.75, 3.05) is 0 Å². The average Bonchev–Trinajstić information content (AvgIpc) is 3.13. The molecule has 4 fully saturated rings. The molecule has 0 radical (unpaired) electrons. The van der Waals surface area contributed by atoms with Crippen LogP contribution in [0.3, 0.4) is 0 Å². The molecule has 0 aromatic rings. The van der Waals surface area contributed by atoms with Gasteiger partial charge in [0.25, 0.3) is 0 Å². The van der Waals surface area contributed by atoms with Crippen LogP contribution in [0.5, 0.6) is 0 Å². The van der Waals surface area contributed by atoms with Crippen molar-refractivity contribution < 1.29 is 29.2 Å². The Hall–Kier alpha value is -0.950. The Balaban J connectivity index is 1.81. The van der Waals surface area contributed by atoms with E-state index in [-0.39, 0.29) is 48.0 Å². The van der Waals surface area contributed by atoms with Gasteiger partial charge in [0.2, 0.25) is 0 Å². The molecule has 2 N–H and O–H groups in total. The predicted octanol–water partition coefficient (Wildman–Crippen LogP) is 2.21. The van der Waals surface area contributed by atoms with Gasteiger partial charge in [-0.2, -0.15) is 0 Å². The molecule has 3 aliphatic heterocycles. The second-order valence-electron chi connectivity index (χ2n) is 10.1. The fraction of sp³-hybridized carbons (Fsp3) is 0.864. The monoisotopic (exact) mass is 394 g/mol. The maximum Gasteiger partial charge on any atom is 0.303 e. The van der Waals surface area contributed by atoms with E-state index in [2.05, 4.69) is 27.4 Å². The van der Waals surface area contributed by atoms with Crippen LogP contribution in [0.1, 0.15) is 53.9 Å². The Morgan fingerprint density at radius 3 is 2.57 bits per heavy atom. The average molecular weight is 395 g/mol. The van der Waals surface area contributed by atoms with Gasteiger partial charge in [-0.25, -0.2) is 0 Å². The molecule has 10 atom stereocenters. The molecule has 158 valence electrons. The number of fused-ring (bicyclic) bond motifs is 7. The van der Waals surface area contributed by atoms with E-state index in [1.807, 2.05) is 6.92 Å². The van der Waals surface area contributed by atoms with E-state index in [1.165, 1.54) is 6.92 Å². The first-order valence-electron chi connectivity index (χ1n) is 10.6. The number of epoxide rings is 1. The molecule has 6 heteroatoms. The van der Waals surface area contributed by atoms with Crippen LogP contribution in [0.4, 0.5) is 0 Å². The molecule has 0 aromatic carbocycles. The van der Waals surface area contributed by atoms with Crippen molar-refractivity contribution in [2.24, 2.45) is 23.7 Å². The lowest BCUT2D eigenvalue weighted by Crippen LogP contribution is -2.57. The molecule has 3 heterocycles. The summed E-state index contributed by atoms with van der Waals surface area (Å²) >= 11 is 0. The van der Waals surface area contributed by atoms with Gasteiger partial charge in [0.1, 0.15) is 23.4 Å². The van der Waals surface area contributed by atoms with Gasteiger partial charge in [0, 0.05) is 18.8 Å². The third kappa shape index (κ3) is 2.87. The Morgan fingerprint density at radius 1 is 1.29 bits per heavy atom. The highest BCUT2D eigenvalue weighted by Gasteiger charge is 2.75. The summed E-state index contributed by atoms with van der Waals surface area (Å²) in [5.74, 6) is -0.0539. The molecule has 4 aliphatic rings. The topological polar surface area (TPSA) is 88.5 Å². The maximum absolute atomic E-state index is 12.0. The lowest BCUT2D eigenvalue weighted by molar-refractivity contribution is -0.181. The quantitative estimate of drug-likeness (QED) is 0.424. The first-order chi connectivity index (χ1) is 13.0. The number of hydrogen-bond donors (Lipinski definition) is 2. The second-order valence-corrected chi connectivity index (χ2v) is 10.1. The van der Waals surface area contributed by atoms with E-state index >= 15 is 0 Å². The summed E-state index contributed by atoms with van der Waals surface area (Å²) < 4.78 is 18.5. The van der Waals surface area contributed by atoms with Crippen LogP contribution >= 0.6 is 0 Å². The smallest absolute Gasteiger partial charge is 0.303 e. The van der Waals surface area contributed by atoms with Crippen LogP contribution in [-0.2, 0) is 19.0 Å². The number of ether oxygens (including phenoxy) is 3. The van der Waals surface area contributed by atoms with Gasteiger partial charge in [-0.1, -0.05) is 20.4 Å². The lowest BCUT2D eigenvalue weighted by Gasteiger charge is -2.46. The molecular formula is C22H34O6. The highest BCUT2D eigenvalue weighted by atomic mass is 16.6. The Morgan fingerprint density at radius 2 is 1.96 bits per heavy atom. The van der Waals surface area contributed by atoms with Crippen molar-refractivity contribution in [1.29, 1.82) is 0 Å². The summed E-state index contributed by atoms with van der Waals surface area (Å²) in [5.41, 5.74) is -0.569. The number of esters is 1. The fourth-order valence-electron chi connectivity index (χ4n) is 6.50. The predicted molar refractivity (Wildman–Crippen MR) is 102 cm³/mol. The minimum Gasteiger partial charge on any atom is -0.457 e. The summed E-state index contributed by atoms with van der Waals surface area (Å²) in [4.78, 5) is 12.0. The standard InChI is InChI=1S/C22H34O6/c1-10(2)15-16-17(22(6)20(28-22)18(15)25)14-9-11(3)13(24)7-8-21(5,19(16)26-14)27-12(4)23/h10,13-20,24-25H,3,7-9H2,1-2,4-6H3. The summed E-state index contributed by atoms with van der Waals surface area (Å²) in [6.07, 6.45) is -0.409. The van der Waals surface area contributed by atoms with Crippen molar-refractivity contribution in [2.45, 2.75) is 95.6 Å². The number of carbonyl (C=O) groups is 1. The van der Waals surface area contributed by atoms with Crippen molar-refractivity contribution >= 4 is 5.97 Å². The zero-order chi connectivity index (χ0) is 20.6.